The maximum atomic E-state index is 12.6. The molecule has 2 heterocycles. The normalized spacial score (nSPS) is 20.3. The number of nitrogens with one attached hydrogen (secondary N) is 1. The molecule has 0 unspecified atom stereocenters. The number of pyridine rings is 1. The Morgan fingerprint density at radius 3 is 2.32 bits per heavy atom. The Hall–Kier alpha value is -4.70. The van der Waals surface area contributed by atoms with E-state index in [1.807, 2.05) is 92.8 Å². The van der Waals surface area contributed by atoms with E-state index < -0.39 is 12.4 Å². The Balaban J connectivity index is 1.22. The molecule has 6 atom stereocenters. The predicted molar refractivity (Wildman–Crippen MR) is 194 cm³/mol. The molecule has 1 saturated heterocycles. The van der Waals surface area contributed by atoms with Crippen molar-refractivity contribution in [1.82, 2.24) is 15.2 Å². The third-order valence-electron chi connectivity index (χ3n) is 9.68. The van der Waals surface area contributed by atoms with E-state index in [1.54, 1.807) is 24.5 Å². The molecule has 258 valence electrons. The average molecular weight is 672 g/mol. The molecule has 0 bridgehead atoms. The number of aromatic nitrogens is 1. The van der Waals surface area contributed by atoms with Gasteiger partial charge in [0.1, 0.15) is 0 Å². The number of aliphatic hydroxyl groups excluding tert-OH is 2. The summed E-state index contributed by atoms with van der Waals surface area (Å²) in [5, 5.41) is 23.8. The van der Waals surface area contributed by atoms with E-state index in [1.165, 1.54) is 0 Å². The van der Waals surface area contributed by atoms with E-state index in [-0.39, 0.29) is 36.7 Å². The van der Waals surface area contributed by atoms with Crippen molar-refractivity contribution in [2.45, 2.75) is 57.6 Å². The second-order valence-electron chi connectivity index (χ2n) is 13.1. The molecule has 1 fully saturated rings. The van der Waals surface area contributed by atoms with E-state index in [2.05, 4.69) is 46.4 Å². The third kappa shape index (κ3) is 8.35. The van der Waals surface area contributed by atoms with Gasteiger partial charge in [-0.15, -0.1) is 0 Å². The summed E-state index contributed by atoms with van der Waals surface area (Å²) in [5.74, 6) is -0.174. The first-order valence-corrected chi connectivity index (χ1v) is 17.1. The van der Waals surface area contributed by atoms with Crippen LogP contribution in [0.2, 0.25) is 0 Å². The lowest BCUT2D eigenvalue weighted by molar-refractivity contribution is -0.276. The molecule has 8 nitrogen and oxygen atoms in total. The van der Waals surface area contributed by atoms with E-state index in [4.69, 9.17) is 9.47 Å². The van der Waals surface area contributed by atoms with Gasteiger partial charge in [-0.2, -0.15) is 0 Å². The van der Waals surface area contributed by atoms with Gasteiger partial charge in [-0.25, -0.2) is 0 Å². The minimum atomic E-state index is -0.648. The number of aliphatic hydroxyl groups is 2. The van der Waals surface area contributed by atoms with Crippen molar-refractivity contribution < 1.29 is 24.5 Å². The molecular formula is C42H45N3O5. The summed E-state index contributed by atoms with van der Waals surface area (Å²) >= 11 is 0. The molecule has 5 aromatic rings. The van der Waals surface area contributed by atoms with Crippen LogP contribution in [-0.2, 0) is 22.6 Å². The maximum absolute atomic E-state index is 12.6. The molecule has 0 saturated carbocycles. The first-order chi connectivity index (χ1) is 24.3. The van der Waals surface area contributed by atoms with Crippen molar-refractivity contribution in [2.75, 3.05) is 13.6 Å². The average Bonchev–Trinajstić information content (AvgIpc) is 3.18. The van der Waals surface area contributed by atoms with E-state index >= 15 is 0 Å². The van der Waals surface area contributed by atoms with Gasteiger partial charge in [-0.05, 0) is 71.6 Å². The molecule has 0 radical (unpaired) electrons. The van der Waals surface area contributed by atoms with Gasteiger partial charge in [-0.1, -0.05) is 97.9 Å². The molecule has 8 heteroatoms. The van der Waals surface area contributed by atoms with E-state index in [0.717, 1.165) is 38.9 Å². The SMILES string of the molecule is C[C@H]1[C@@H](CN(C)[C@H](C)[C@@H](O)c2ccccc2)O[C@@H](c2cccc(-c3cccc(CNC(=O)c4cccnc4)c3)c2)O[C@H]1c1ccc(CO)cc1. The quantitative estimate of drug-likeness (QED) is 0.131. The summed E-state index contributed by atoms with van der Waals surface area (Å²) < 4.78 is 13.5. The van der Waals surface area contributed by atoms with Gasteiger partial charge in [0.05, 0.1) is 30.5 Å². The first-order valence-electron chi connectivity index (χ1n) is 17.1. The zero-order valence-corrected chi connectivity index (χ0v) is 28.7. The molecule has 0 spiro atoms. The topological polar surface area (TPSA) is 104 Å². The molecule has 50 heavy (non-hydrogen) atoms. The summed E-state index contributed by atoms with van der Waals surface area (Å²) in [4.78, 5) is 18.8. The molecule has 6 rings (SSSR count). The van der Waals surface area contributed by atoms with Gasteiger partial charge < -0.3 is 25.0 Å². The smallest absolute Gasteiger partial charge is 0.253 e. The molecule has 1 aliphatic heterocycles. The van der Waals surface area contributed by atoms with Crippen LogP contribution in [0, 0.1) is 5.92 Å². The van der Waals surface area contributed by atoms with Crippen LogP contribution in [0.4, 0.5) is 0 Å². The maximum Gasteiger partial charge on any atom is 0.253 e. The molecule has 4 aromatic carbocycles. The van der Waals surface area contributed by atoms with Gasteiger partial charge in [-0.3, -0.25) is 14.7 Å². The zero-order valence-electron chi connectivity index (χ0n) is 28.7. The van der Waals surface area contributed by atoms with Gasteiger partial charge in [0.25, 0.3) is 5.91 Å². The number of hydrogen-bond donors (Lipinski definition) is 3. The summed E-state index contributed by atoms with van der Waals surface area (Å²) in [6.45, 7) is 5.13. The Kier molecular flexibility index (Phi) is 11.5. The molecule has 3 N–H and O–H groups in total. The third-order valence-corrected chi connectivity index (χ3v) is 9.68. The minimum Gasteiger partial charge on any atom is -0.392 e. The molecule has 1 aliphatic rings. The van der Waals surface area contributed by atoms with Crippen molar-refractivity contribution in [2.24, 2.45) is 5.92 Å². The number of ether oxygens (including phenoxy) is 2. The summed E-state index contributed by atoms with van der Waals surface area (Å²) in [6, 6.07) is 37.3. The highest BCUT2D eigenvalue weighted by Crippen LogP contribution is 2.42. The highest BCUT2D eigenvalue weighted by Gasteiger charge is 2.39. The lowest BCUT2D eigenvalue weighted by Crippen LogP contribution is -2.46. The van der Waals surface area contributed by atoms with Crippen molar-refractivity contribution in [3.8, 4) is 11.1 Å². The Morgan fingerprint density at radius 1 is 0.860 bits per heavy atom. The van der Waals surface area contributed by atoms with Crippen molar-refractivity contribution >= 4 is 5.91 Å². The van der Waals surface area contributed by atoms with Crippen LogP contribution in [0.3, 0.4) is 0 Å². The second kappa shape index (κ2) is 16.3. The molecular weight excluding hydrogens is 626 g/mol. The van der Waals surface area contributed by atoms with Crippen LogP contribution in [0.1, 0.15) is 70.5 Å². The van der Waals surface area contributed by atoms with Gasteiger partial charge in [0, 0.05) is 43.0 Å². The number of amides is 1. The first kappa shape index (κ1) is 35.1. The summed E-state index contributed by atoms with van der Waals surface area (Å²) in [5.41, 5.74) is 7.15. The van der Waals surface area contributed by atoms with E-state index in [9.17, 15) is 15.0 Å². The van der Waals surface area contributed by atoms with Gasteiger partial charge in [0.15, 0.2) is 6.29 Å². The number of nitrogens with zero attached hydrogens (tertiary/aromatic N) is 2. The molecule has 1 aromatic heterocycles. The van der Waals surface area contributed by atoms with E-state index in [0.29, 0.717) is 18.7 Å². The number of carbonyl (C=O) groups is 1. The lowest BCUT2D eigenvalue weighted by atomic mass is 9.89. The van der Waals surface area contributed by atoms with Crippen LogP contribution >= 0.6 is 0 Å². The fourth-order valence-electron chi connectivity index (χ4n) is 6.46. The van der Waals surface area contributed by atoms with Crippen LogP contribution < -0.4 is 5.32 Å². The largest absolute Gasteiger partial charge is 0.392 e. The van der Waals surface area contributed by atoms with Gasteiger partial charge >= 0.3 is 0 Å². The van der Waals surface area contributed by atoms with Gasteiger partial charge in [0.2, 0.25) is 0 Å². The molecule has 0 aliphatic carbocycles. The Morgan fingerprint density at radius 2 is 1.60 bits per heavy atom. The number of benzene rings is 4. The van der Waals surface area contributed by atoms with Crippen LogP contribution in [0.25, 0.3) is 11.1 Å². The van der Waals surface area contributed by atoms with Crippen molar-refractivity contribution in [3.63, 3.8) is 0 Å². The van der Waals surface area contributed by atoms with Crippen molar-refractivity contribution in [3.05, 3.63) is 161 Å². The summed E-state index contributed by atoms with van der Waals surface area (Å²) in [7, 11) is 2.02. The standard InChI is InChI=1S/C42H45N3O5/c1-28-38(26-45(3)29(2)39(47)32-11-5-4-6-12-32)49-42(50-40(28)33-19-17-30(27-46)18-20-33)36-15-8-14-35(23-36)34-13-7-10-31(22-34)24-44-41(48)37-16-9-21-43-25-37/h4-23,25,28-29,38-40,42,46-47H,24,26-27H2,1-3H3,(H,44,48)/t28-,29+,38+,39+,40+,42+/m0/s1. The fraction of sp³-hybridized carbons (Fsp3) is 0.286. The lowest BCUT2D eigenvalue weighted by Gasteiger charge is -2.43. The highest BCUT2D eigenvalue weighted by atomic mass is 16.7. The summed E-state index contributed by atoms with van der Waals surface area (Å²) in [6.07, 6.45) is 1.45. The second-order valence-corrected chi connectivity index (χ2v) is 13.1. The van der Waals surface area contributed by atoms with Crippen LogP contribution in [0.15, 0.2) is 128 Å². The highest BCUT2D eigenvalue weighted by molar-refractivity contribution is 5.93. The number of likely N-dealkylation sites (N-methyl/N-ethyl adjacent to an activating group) is 1. The monoisotopic (exact) mass is 671 g/mol. The zero-order chi connectivity index (χ0) is 35.0. The van der Waals surface area contributed by atoms with Crippen molar-refractivity contribution in [1.29, 1.82) is 0 Å². The predicted octanol–water partition coefficient (Wildman–Crippen LogP) is 7.02. The number of hydrogen-bond acceptors (Lipinski definition) is 7. The number of rotatable bonds is 12. The molecule has 1 amide bonds. The minimum absolute atomic E-state index is 0.00325. The Labute approximate surface area is 294 Å². The van der Waals surface area contributed by atoms with Crippen LogP contribution in [0.5, 0.6) is 0 Å². The van der Waals surface area contributed by atoms with Crippen LogP contribution in [-0.4, -0.2) is 51.7 Å². The Bertz CT molecular complexity index is 1840. The number of carbonyl (C=O) groups excluding carboxylic acids is 1. The fourth-order valence-corrected chi connectivity index (χ4v) is 6.46.